The Morgan fingerprint density at radius 3 is 2.62 bits per heavy atom. The van der Waals surface area contributed by atoms with Crippen LogP contribution in [0.5, 0.6) is 0 Å². The molecule has 21 heavy (non-hydrogen) atoms. The van der Waals surface area contributed by atoms with Gasteiger partial charge in [-0.15, -0.1) is 0 Å². The van der Waals surface area contributed by atoms with E-state index in [4.69, 9.17) is 5.10 Å². The zero-order chi connectivity index (χ0) is 14.4. The van der Waals surface area contributed by atoms with Gasteiger partial charge in [0.05, 0.1) is 12.7 Å². The summed E-state index contributed by atoms with van der Waals surface area (Å²) in [5.74, 6) is 0. The van der Waals surface area contributed by atoms with Crippen molar-refractivity contribution in [1.82, 2.24) is 14.6 Å². The second-order valence-corrected chi connectivity index (χ2v) is 5.20. The molecule has 4 heteroatoms. The summed E-state index contributed by atoms with van der Waals surface area (Å²) in [4.78, 5) is 4.08. The Hall–Kier alpha value is -2.75. The van der Waals surface area contributed by atoms with E-state index < -0.39 is 0 Å². The topological polar surface area (TPSA) is 34.1 Å². The van der Waals surface area contributed by atoms with E-state index in [1.807, 2.05) is 42.0 Å². The molecule has 0 N–H and O–H groups in total. The smallest absolute Gasteiger partial charge is 0.265 e. The molecule has 0 fully saturated rings. The van der Waals surface area contributed by atoms with E-state index in [-0.39, 0.29) is 0 Å². The first-order valence-electron chi connectivity index (χ1n) is 6.93. The number of hydrogen-bond acceptors (Lipinski definition) is 2. The van der Waals surface area contributed by atoms with Gasteiger partial charge in [0.25, 0.3) is 0 Å². The second-order valence-electron chi connectivity index (χ2n) is 5.20. The van der Waals surface area contributed by atoms with Gasteiger partial charge in [-0.25, -0.2) is 4.57 Å². The number of rotatable bonds is 1. The van der Waals surface area contributed by atoms with Crippen molar-refractivity contribution in [2.45, 2.75) is 6.92 Å². The van der Waals surface area contributed by atoms with Gasteiger partial charge in [-0.1, -0.05) is 21.7 Å². The van der Waals surface area contributed by atoms with Crippen molar-refractivity contribution in [1.29, 1.82) is 0 Å². The summed E-state index contributed by atoms with van der Waals surface area (Å²) >= 11 is 0. The van der Waals surface area contributed by atoms with E-state index in [1.165, 1.54) is 5.52 Å². The van der Waals surface area contributed by atoms with E-state index in [1.54, 1.807) is 0 Å². The third-order valence-electron chi connectivity index (χ3n) is 3.94. The molecule has 0 radical (unpaired) electrons. The Morgan fingerprint density at radius 2 is 1.81 bits per heavy atom. The van der Waals surface area contributed by atoms with E-state index >= 15 is 0 Å². The number of benzene rings is 1. The average molecular weight is 275 g/mol. The molecule has 4 nitrogen and oxygen atoms in total. The van der Waals surface area contributed by atoms with Gasteiger partial charge in [0.2, 0.25) is 5.52 Å². The van der Waals surface area contributed by atoms with Gasteiger partial charge >= 0.3 is 5.65 Å². The summed E-state index contributed by atoms with van der Waals surface area (Å²) < 4.78 is 4.18. The maximum Gasteiger partial charge on any atom is 0.308 e. The Morgan fingerprint density at radius 1 is 1.05 bits per heavy atom. The highest BCUT2D eigenvalue weighted by Crippen LogP contribution is 2.23. The minimum absolute atomic E-state index is 1.01. The fraction of sp³-hybridized carbons (Fsp3) is 0.118. The van der Waals surface area contributed by atoms with Crippen molar-refractivity contribution in [3.63, 3.8) is 0 Å². The van der Waals surface area contributed by atoms with Crippen molar-refractivity contribution in [3.05, 3.63) is 60.6 Å². The van der Waals surface area contributed by atoms with Crippen molar-refractivity contribution in [2.75, 3.05) is 0 Å². The number of aryl methyl sites for hydroxylation is 2. The fourth-order valence-corrected chi connectivity index (χ4v) is 2.84. The van der Waals surface area contributed by atoms with Crippen LogP contribution in [0.4, 0.5) is 0 Å². The predicted octanol–water partition coefficient (Wildman–Crippen LogP) is 2.68. The molecule has 0 bridgehead atoms. The zero-order valence-electron chi connectivity index (χ0n) is 12.0. The number of pyridine rings is 1. The van der Waals surface area contributed by atoms with Gasteiger partial charge in [-0.05, 0) is 36.8 Å². The lowest BCUT2D eigenvalue weighted by Crippen LogP contribution is -2.27. The summed E-state index contributed by atoms with van der Waals surface area (Å²) in [5, 5.41) is 4.78. The first kappa shape index (κ1) is 12.0. The van der Waals surface area contributed by atoms with Crippen LogP contribution in [0.25, 0.3) is 27.8 Å². The molecule has 0 spiro atoms. The predicted molar refractivity (Wildman–Crippen MR) is 81.8 cm³/mol. The molecule has 4 rings (SSSR count). The molecule has 1 aromatic carbocycles. The second kappa shape index (κ2) is 4.38. The molecule has 0 saturated carbocycles. The molecule has 3 aromatic heterocycles. The van der Waals surface area contributed by atoms with E-state index in [2.05, 4.69) is 40.9 Å². The SMILES string of the molecule is Cc1nn2c3ccccc3[n+](C)c2cc1-c1ccncc1. The van der Waals surface area contributed by atoms with Crippen LogP contribution in [0.3, 0.4) is 0 Å². The number of para-hydroxylation sites is 2. The van der Waals surface area contributed by atoms with E-state index in [0.717, 1.165) is 28.0 Å². The largest absolute Gasteiger partial charge is 0.308 e. The van der Waals surface area contributed by atoms with Crippen LogP contribution in [0.1, 0.15) is 5.69 Å². The molecule has 0 unspecified atom stereocenters. The maximum atomic E-state index is 4.78. The van der Waals surface area contributed by atoms with E-state index in [9.17, 15) is 0 Å². The molecule has 0 aliphatic heterocycles. The van der Waals surface area contributed by atoms with Gasteiger partial charge in [-0.2, -0.15) is 0 Å². The van der Waals surface area contributed by atoms with Gasteiger partial charge < -0.3 is 0 Å². The van der Waals surface area contributed by atoms with Crippen LogP contribution in [-0.2, 0) is 7.05 Å². The number of fused-ring (bicyclic) bond motifs is 3. The molecule has 102 valence electrons. The summed E-state index contributed by atoms with van der Waals surface area (Å²) in [7, 11) is 2.07. The molecular formula is C17H15N4+. The Balaban J connectivity index is 2.11. The first-order chi connectivity index (χ1) is 10.3. The number of hydrogen-bond donors (Lipinski definition) is 0. The van der Waals surface area contributed by atoms with Crippen molar-refractivity contribution >= 4 is 16.7 Å². The molecule has 4 aromatic rings. The third kappa shape index (κ3) is 1.72. The van der Waals surface area contributed by atoms with Crippen LogP contribution in [0, 0.1) is 6.92 Å². The Kier molecular flexibility index (Phi) is 2.51. The fourth-order valence-electron chi connectivity index (χ4n) is 2.84. The Labute approximate surface area is 122 Å². The van der Waals surface area contributed by atoms with Crippen LogP contribution in [0.15, 0.2) is 54.9 Å². The van der Waals surface area contributed by atoms with Gasteiger partial charge in [0.15, 0.2) is 5.52 Å². The minimum atomic E-state index is 1.01. The van der Waals surface area contributed by atoms with E-state index in [0.29, 0.717) is 0 Å². The Bertz CT molecular complexity index is 955. The molecular weight excluding hydrogens is 260 g/mol. The summed E-state index contributed by atoms with van der Waals surface area (Å²) in [6, 6.07) is 14.5. The maximum absolute atomic E-state index is 4.78. The molecule has 0 aliphatic carbocycles. The summed E-state index contributed by atoms with van der Waals surface area (Å²) in [5.41, 5.74) is 6.67. The lowest BCUT2D eigenvalue weighted by atomic mass is 10.1. The quantitative estimate of drug-likeness (QED) is 0.500. The normalized spacial score (nSPS) is 11.3. The highest BCUT2D eigenvalue weighted by Gasteiger charge is 2.19. The highest BCUT2D eigenvalue weighted by molar-refractivity contribution is 5.77. The van der Waals surface area contributed by atoms with Gasteiger partial charge in [-0.3, -0.25) is 4.98 Å². The van der Waals surface area contributed by atoms with Crippen LogP contribution >= 0.6 is 0 Å². The molecule has 0 aliphatic rings. The van der Waals surface area contributed by atoms with Crippen molar-refractivity contribution in [3.8, 4) is 11.1 Å². The summed E-state index contributed by atoms with van der Waals surface area (Å²) in [6.45, 7) is 2.05. The number of aromatic nitrogens is 4. The molecule has 0 atom stereocenters. The van der Waals surface area contributed by atoms with Crippen LogP contribution in [-0.4, -0.2) is 14.6 Å². The number of nitrogens with zero attached hydrogens (tertiary/aromatic N) is 4. The van der Waals surface area contributed by atoms with Crippen molar-refractivity contribution < 1.29 is 4.57 Å². The standard InChI is InChI=1S/C17H15N4/c1-12-14(13-7-9-18-10-8-13)11-17-20(2)15-5-3-4-6-16(15)21(17)19-12/h3-11H,1-2H3/q+1. The number of imidazole rings is 1. The lowest BCUT2D eigenvalue weighted by Gasteiger charge is -2.03. The van der Waals surface area contributed by atoms with Gasteiger partial charge in [0, 0.05) is 24.0 Å². The molecule has 0 saturated heterocycles. The lowest BCUT2D eigenvalue weighted by molar-refractivity contribution is -0.618. The summed E-state index contributed by atoms with van der Waals surface area (Å²) in [6.07, 6.45) is 3.63. The molecule has 3 heterocycles. The van der Waals surface area contributed by atoms with Crippen molar-refractivity contribution in [2.24, 2.45) is 7.05 Å². The first-order valence-corrected chi connectivity index (χ1v) is 6.93. The highest BCUT2D eigenvalue weighted by atomic mass is 15.3. The monoisotopic (exact) mass is 275 g/mol. The van der Waals surface area contributed by atoms with Crippen LogP contribution < -0.4 is 4.57 Å². The van der Waals surface area contributed by atoms with Crippen LogP contribution in [0.2, 0.25) is 0 Å². The minimum Gasteiger partial charge on any atom is -0.265 e. The average Bonchev–Trinajstić information content (AvgIpc) is 2.80. The molecule has 0 amide bonds. The van der Waals surface area contributed by atoms with Gasteiger partial charge in [0.1, 0.15) is 0 Å². The zero-order valence-corrected chi connectivity index (χ0v) is 12.0. The third-order valence-corrected chi connectivity index (χ3v) is 3.94.